The zero-order chi connectivity index (χ0) is 13.5. The van der Waals surface area contributed by atoms with E-state index in [2.05, 4.69) is 0 Å². The maximum Gasteiger partial charge on any atom is 0.330 e. The molecule has 0 saturated heterocycles. The quantitative estimate of drug-likeness (QED) is 0.467. The summed E-state index contributed by atoms with van der Waals surface area (Å²) in [5.41, 5.74) is 0.570. The number of esters is 1. The molecule has 0 aliphatic heterocycles. The molecule has 0 radical (unpaired) electrons. The van der Waals surface area contributed by atoms with Crippen LogP contribution in [0, 0.1) is 5.92 Å². The Labute approximate surface area is 111 Å². The van der Waals surface area contributed by atoms with Gasteiger partial charge >= 0.3 is 5.97 Å². The van der Waals surface area contributed by atoms with Crippen LogP contribution in [0.15, 0.2) is 36.4 Å². The topological polar surface area (TPSA) is 43.4 Å². The average Bonchev–Trinajstić information content (AvgIpc) is 2.36. The monoisotopic (exact) mass is 266 g/mol. The molecule has 1 aromatic rings. The molecule has 0 amide bonds. The highest BCUT2D eigenvalue weighted by atomic mass is 35.5. The number of benzene rings is 1. The third-order valence-electron chi connectivity index (χ3n) is 2.35. The van der Waals surface area contributed by atoms with E-state index in [1.54, 1.807) is 38.1 Å². The molecule has 0 fully saturated rings. The Morgan fingerprint density at radius 3 is 2.50 bits per heavy atom. The van der Waals surface area contributed by atoms with Gasteiger partial charge in [0.1, 0.15) is 0 Å². The highest BCUT2D eigenvalue weighted by Gasteiger charge is 2.12. The van der Waals surface area contributed by atoms with Crippen molar-refractivity contribution >= 4 is 23.4 Å². The van der Waals surface area contributed by atoms with Gasteiger partial charge in [-0.05, 0) is 31.2 Å². The molecule has 18 heavy (non-hydrogen) atoms. The van der Waals surface area contributed by atoms with Gasteiger partial charge in [0.25, 0.3) is 0 Å². The Morgan fingerprint density at radius 1 is 1.33 bits per heavy atom. The van der Waals surface area contributed by atoms with Crippen LogP contribution in [-0.2, 0) is 9.53 Å². The van der Waals surface area contributed by atoms with Crippen molar-refractivity contribution in [1.82, 2.24) is 0 Å². The number of carbonyl (C=O) groups is 2. The summed E-state index contributed by atoms with van der Waals surface area (Å²) in [5, 5.41) is 0.585. The van der Waals surface area contributed by atoms with E-state index in [9.17, 15) is 9.59 Å². The number of ketones is 1. The number of ether oxygens (including phenoxy) is 1. The van der Waals surface area contributed by atoms with Crippen LogP contribution in [0.5, 0.6) is 0 Å². The SMILES string of the molecule is CCOC(=O)/C=C/C(C)C(=O)c1ccc(Cl)cc1. The third kappa shape index (κ3) is 4.34. The Balaban J connectivity index is 2.67. The first-order valence-electron chi connectivity index (χ1n) is 5.69. The zero-order valence-electron chi connectivity index (χ0n) is 10.4. The van der Waals surface area contributed by atoms with Crippen molar-refractivity contribution in [3.05, 3.63) is 47.0 Å². The summed E-state index contributed by atoms with van der Waals surface area (Å²) in [6, 6.07) is 6.66. The van der Waals surface area contributed by atoms with Crippen molar-refractivity contribution in [3.63, 3.8) is 0 Å². The van der Waals surface area contributed by atoms with Crippen LogP contribution in [0.4, 0.5) is 0 Å². The molecule has 1 aromatic carbocycles. The van der Waals surface area contributed by atoms with Gasteiger partial charge in [-0.3, -0.25) is 4.79 Å². The Bertz CT molecular complexity index is 449. The molecule has 3 nitrogen and oxygen atoms in total. The molecular weight excluding hydrogens is 252 g/mol. The molecule has 1 unspecified atom stereocenters. The summed E-state index contributed by atoms with van der Waals surface area (Å²) < 4.78 is 4.74. The van der Waals surface area contributed by atoms with Gasteiger partial charge in [-0.25, -0.2) is 4.79 Å². The summed E-state index contributed by atoms with van der Waals surface area (Å²) in [5.74, 6) is -0.879. The lowest BCUT2D eigenvalue weighted by atomic mass is 9.99. The van der Waals surface area contributed by atoms with E-state index in [-0.39, 0.29) is 11.7 Å². The standard InChI is InChI=1S/C14H15ClO3/c1-3-18-13(16)9-4-10(2)14(17)11-5-7-12(15)8-6-11/h4-10H,3H2,1-2H3/b9-4+. The van der Waals surface area contributed by atoms with E-state index in [0.717, 1.165) is 0 Å². The van der Waals surface area contributed by atoms with Crippen LogP contribution in [-0.4, -0.2) is 18.4 Å². The van der Waals surface area contributed by atoms with E-state index in [4.69, 9.17) is 16.3 Å². The van der Waals surface area contributed by atoms with Crippen molar-refractivity contribution in [2.45, 2.75) is 13.8 Å². The second-order valence-electron chi connectivity index (χ2n) is 3.77. The second-order valence-corrected chi connectivity index (χ2v) is 4.21. The minimum Gasteiger partial charge on any atom is -0.463 e. The molecule has 96 valence electrons. The first-order chi connectivity index (χ1) is 8.54. The fourth-order valence-electron chi connectivity index (χ4n) is 1.38. The van der Waals surface area contributed by atoms with Gasteiger partial charge in [-0.2, -0.15) is 0 Å². The molecule has 0 heterocycles. The number of halogens is 1. The average molecular weight is 267 g/mol. The number of Topliss-reactive ketones (excluding diaryl/α,β-unsaturated/α-hetero) is 1. The summed E-state index contributed by atoms with van der Waals surface area (Å²) in [4.78, 5) is 23.1. The molecule has 0 N–H and O–H groups in total. The van der Waals surface area contributed by atoms with Gasteiger partial charge in [0.15, 0.2) is 5.78 Å². The molecule has 0 bridgehead atoms. The van der Waals surface area contributed by atoms with Crippen molar-refractivity contribution in [1.29, 1.82) is 0 Å². The van der Waals surface area contributed by atoms with Gasteiger partial charge in [0, 0.05) is 22.6 Å². The van der Waals surface area contributed by atoms with Gasteiger partial charge < -0.3 is 4.74 Å². The predicted molar refractivity (Wildman–Crippen MR) is 70.7 cm³/mol. The maximum absolute atomic E-state index is 12.0. The third-order valence-corrected chi connectivity index (χ3v) is 2.60. The lowest BCUT2D eigenvalue weighted by Crippen LogP contribution is -2.09. The first-order valence-corrected chi connectivity index (χ1v) is 6.07. The van der Waals surface area contributed by atoms with Crippen LogP contribution in [0.25, 0.3) is 0 Å². The van der Waals surface area contributed by atoms with Crippen molar-refractivity contribution < 1.29 is 14.3 Å². The highest BCUT2D eigenvalue weighted by molar-refractivity contribution is 6.30. The van der Waals surface area contributed by atoms with Gasteiger partial charge in [-0.1, -0.05) is 24.6 Å². The normalized spacial score (nSPS) is 12.4. The maximum atomic E-state index is 12.0. The number of rotatable bonds is 5. The van der Waals surface area contributed by atoms with E-state index in [1.807, 2.05) is 0 Å². The van der Waals surface area contributed by atoms with E-state index >= 15 is 0 Å². The van der Waals surface area contributed by atoms with E-state index < -0.39 is 5.97 Å². The Kier molecular flexibility index (Phi) is 5.59. The molecular formula is C14H15ClO3. The van der Waals surface area contributed by atoms with Crippen LogP contribution in [0.3, 0.4) is 0 Å². The lowest BCUT2D eigenvalue weighted by Gasteiger charge is -2.05. The Hall–Kier alpha value is -1.61. The van der Waals surface area contributed by atoms with Crippen LogP contribution in [0.1, 0.15) is 24.2 Å². The lowest BCUT2D eigenvalue weighted by molar-refractivity contribution is -0.137. The second kappa shape index (κ2) is 6.97. The number of allylic oxidation sites excluding steroid dienone is 1. The molecule has 0 aromatic heterocycles. The fraction of sp³-hybridized carbons (Fsp3) is 0.286. The van der Waals surface area contributed by atoms with Crippen molar-refractivity contribution in [2.24, 2.45) is 5.92 Å². The molecule has 1 rings (SSSR count). The van der Waals surface area contributed by atoms with E-state index in [0.29, 0.717) is 17.2 Å². The highest BCUT2D eigenvalue weighted by Crippen LogP contribution is 2.14. The summed E-state index contributed by atoms with van der Waals surface area (Å²) >= 11 is 5.75. The summed E-state index contributed by atoms with van der Waals surface area (Å²) in [6.45, 7) is 3.78. The summed E-state index contributed by atoms with van der Waals surface area (Å²) in [7, 11) is 0. The van der Waals surface area contributed by atoms with Crippen LogP contribution >= 0.6 is 11.6 Å². The van der Waals surface area contributed by atoms with Gasteiger partial charge in [0.05, 0.1) is 6.61 Å². The molecule has 0 saturated carbocycles. The smallest absolute Gasteiger partial charge is 0.330 e. The molecule has 4 heteroatoms. The van der Waals surface area contributed by atoms with Crippen LogP contribution < -0.4 is 0 Å². The number of hydrogen-bond acceptors (Lipinski definition) is 3. The van der Waals surface area contributed by atoms with Gasteiger partial charge in [0.2, 0.25) is 0 Å². The first kappa shape index (κ1) is 14.5. The summed E-state index contributed by atoms with van der Waals surface area (Å²) in [6.07, 6.45) is 2.82. The molecule has 0 spiro atoms. The van der Waals surface area contributed by atoms with Crippen molar-refractivity contribution in [2.75, 3.05) is 6.61 Å². The number of carbonyl (C=O) groups excluding carboxylic acids is 2. The largest absolute Gasteiger partial charge is 0.463 e. The van der Waals surface area contributed by atoms with E-state index in [1.165, 1.54) is 12.2 Å². The molecule has 0 aliphatic rings. The minimum atomic E-state index is -0.437. The molecule has 1 atom stereocenters. The Morgan fingerprint density at radius 2 is 1.94 bits per heavy atom. The minimum absolute atomic E-state index is 0.0628. The van der Waals surface area contributed by atoms with Gasteiger partial charge in [-0.15, -0.1) is 0 Å². The molecule has 0 aliphatic carbocycles. The predicted octanol–water partition coefficient (Wildman–Crippen LogP) is 3.28. The zero-order valence-corrected chi connectivity index (χ0v) is 11.1. The number of hydrogen-bond donors (Lipinski definition) is 0. The fourth-order valence-corrected chi connectivity index (χ4v) is 1.50. The van der Waals surface area contributed by atoms with Crippen LogP contribution in [0.2, 0.25) is 5.02 Å². The van der Waals surface area contributed by atoms with Crippen molar-refractivity contribution in [3.8, 4) is 0 Å².